The van der Waals surface area contributed by atoms with Gasteiger partial charge in [-0.25, -0.2) is 0 Å². The van der Waals surface area contributed by atoms with E-state index in [1.54, 1.807) is 6.92 Å². The molecule has 19 heavy (non-hydrogen) atoms. The van der Waals surface area contributed by atoms with Crippen molar-refractivity contribution in [2.24, 2.45) is 0 Å². The van der Waals surface area contributed by atoms with E-state index >= 15 is 0 Å². The summed E-state index contributed by atoms with van der Waals surface area (Å²) < 4.78 is 17.6. The van der Waals surface area contributed by atoms with E-state index in [-0.39, 0.29) is 5.97 Å². The van der Waals surface area contributed by atoms with Gasteiger partial charge in [-0.1, -0.05) is 31.0 Å². The predicted octanol–water partition coefficient (Wildman–Crippen LogP) is 3.14. The van der Waals surface area contributed by atoms with Crippen LogP contribution >= 0.6 is 0 Å². The van der Waals surface area contributed by atoms with Gasteiger partial charge in [0.05, 0.1) is 17.4 Å². The number of hydrogen-bond donors (Lipinski definition) is 0. The van der Waals surface area contributed by atoms with Gasteiger partial charge in [-0.2, -0.15) is 0 Å². The fraction of sp³-hybridized carbons (Fsp3) is 0.533. The summed E-state index contributed by atoms with van der Waals surface area (Å²) in [5, 5.41) is -0.564. The molecule has 0 saturated heterocycles. The fourth-order valence-corrected chi connectivity index (χ4v) is 3.57. The van der Waals surface area contributed by atoms with Crippen LogP contribution in [0.1, 0.15) is 37.8 Å². The smallest absolute Gasteiger partial charge is 0.322 e. The minimum atomic E-state index is -1.35. The number of esters is 1. The zero-order valence-corrected chi connectivity index (χ0v) is 12.9. The standard InChI is InChI=1S/C15H22O3S/c1-5-7-14(15(16)18-6-2)19(17)13-9-8-11(3)10-12(13)4/h8-10,14H,5-7H2,1-4H3. The highest BCUT2D eigenvalue weighted by Gasteiger charge is 2.27. The van der Waals surface area contributed by atoms with Gasteiger partial charge in [0.2, 0.25) is 0 Å². The van der Waals surface area contributed by atoms with Crippen molar-refractivity contribution in [3.8, 4) is 0 Å². The number of aryl methyl sites for hydroxylation is 2. The van der Waals surface area contributed by atoms with Crippen LogP contribution in [0.2, 0.25) is 0 Å². The Morgan fingerprint density at radius 2 is 2.00 bits per heavy atom. The molecule has 106 valence electrons. The van der Waals surface area contributed by atoms with E-state index in [9.17, 15) is 9.00 Å². The second-order valence-corrected chi connectivity index (χ2v) is 6.20. The van der Waals surface area contributed by atoms with E-state index in [0.29, 0.717) is 13.0 Å². The zero-order chi connectivity index (χ0) is 14.4. The van der Waals surface area contributed by atoms with E-state index in [4.69, 9.17) is 4.74 Å². The Morgan fingerprint density at radius 1 is 1.32 bits per heavy atom. The SMILES string of the molecule is CCCC(C(=O)OCC)S(=O)c1ccc(C)cc1C. The van der Waals surface area contributed by atoms with Gasteiger partial charge in [-0.05, 0) is 38.8 Å². The maximum Gasteiger partial charge on any atom is 0.322 e. The molecule has 0 radical (unpaired) electrons. The Morgan fingerprint density at radius 3 is 2.53 bits per heavy atom. The van der Waals surface area contributed by atoms with Crippen LogP contribution in [-0.2, 0) is 20.3 Å². The molecule has 0 aliphatic carbocycles. The topological polar surface area (TPSA) is 43.4 Å². The molecule has 0 heterocycles. The maximum atomic E-state index is 12.6. The molecular weight excluding hydrogens is 260 g/mol. The van der Waals surface area contributed by atoms with Crippen molar-refractivity contribution in [1.29, 1.82) is 0 Å². The number of carbonyl (C=O) groups is 1. The number of rotatable bonds is 6. The molecule has 0 aliphatic rings. The molecule has 0 saturated carbocycles. The monoisotopic (exact) mass is 282 g/mol. The largest absolute Gasteiger partial charge is 0.465 e. The molecule has 2 atom stereocenters. The van der Waals surface area contributed by atoms with Crippen molar-refractivity contribution in [1.82, 2.24) is 0 Å². The molecule has 0 aliphatic heterocycles. The molecule has 1 rings (SSSR count). The summed E-state index contributed by atoms with van der Waals surface area (Å²) in [5.41, 5.74) is 2.09. The van der Waals surface area contributed by atoms with Gasteiger partial charge in [0, 0.05) is 4.90 Å². The maximum absolute atomic E-state index is 12.6. The second-order valence-electron chi connectivity index (χ2n) is 4.60. The van der Waals surface area contributed by atoms with Crippen LogP contribution in [0.25, 0.3) is 0 Å². The van der Waals surface area contributed by atoms with Gasteiger partial charge >= 0.3 is 5.97 Å². The Kier molecular flexibility index (Phi) is 6.22. The van der Waals surface area contributed by atoms with Gasteiger partial charge < -0.3 is 4.74 Å². The van der Waals surface area contributed by atoms with Crippen LogP contribution in [0.5, 0.6) is 0 Å². The van der Waals surface area contributed by atoms with Crippen molar-refractivity contribution in [2.45, 2.75) is 50.7 Å². The number of ether oxygens (including phenoxy) is 1. The van der Waals surface area contributed by atoms with Crippen molar-refractivity contribution >= 4 is 16.8 Å². The molecule has 0 amide bonds. The molecule has 3 nitrogen and oxygen atoms in total. The van der Waals surface area contributed by atoms with Gasteiger partial charge in [0.15, 0.2) is 0 Å². The third kappa shape index (κ3) is 4.16. The van der Waals surface area contributed by atoms with Crippen molar-refractivity contribution < 1.29 is 13.7 Å². The van der Waals surface area contributed by atoms with Crippen LogP contribution in [-0.4, -0.2) is 22.0 Å². The third-order valence-electron chi connectivity index (χ3n) is 2.91. The van der Waals surface area contributed by atoms with E-state index in [0.717, 1.165) is 22.4 Å². The average molecular weight is 282 g/mol. The molecule has 0 fully saturated rings. The highest BCUT2D eigenvalue weighted by Crippen LogP contribution is 2.21. The first-order valence-corrected chi connectivity index (χ1v) is 7.87. The average Bonchev–Trinajstić information content (AvgIpc) is 2.35. The minimum absolute atomic E-state index is 0.323. The summed E-state index contributed by atoms with van der Waals surface area (Å²) in [5.74, 6) is -0.359. The lowest BCUT2D eigenvalue weighted by atomic mass is 10.2. The molecule has 1 aromatic carbocycles. The minimum Gasteiger partial charge on any atom is -0.465 e. The molecule has 1 aromatic rings. The van der Waals surface area contributed by atoms with E-state index < -0.39 is 16.0 Å². The molecule has 0 N–H and O–H groups in total. The predicted molar refractivity (Wildman–Crippen MR) is 77.7 cm³/mol. The Hall–Kier alpha value is -1.16. The Balaban J connectivity index is 3.02. The molecule has 0 bridgehead atoms. The lowest BCUT2D eigenvalue weighted by Crippen LogP contribution is -2.28. The van der Waals surface area contributed by atoms with Gasteiger partial charge in [0.1, 0.15) is 5.25 Å². The van der Waals surface area contributed by atoms with Crippen LogP contribution in [0.4, 0.5) is 0 Å². The first-order valence-electron chi connectivity index (χ1n) is 6.65. The van der Waals surface area contributed by atoms with Gasteiger partial charge in [-0.15, -0.1) is 0 Å². The summed E-state index contributed by atoms with van der Waals surface area (Å²) >= 11 is 0. The summed E-state index contributed by atoms with van der Waals surface area (Å²) in [7, 11) is -1.35. The Labute approximate surface area is 117 Å². The Bertz CT molecular complexity index is 468. The zero-order valence-electron chi connectivity index (χ0n) is 12.1. The van der Waals surface area contributed by atoms with Crippen LogP contribution in [0, 0.1) is 13.8 Å². The third-order valence-corrected chi connectivity index (χ3v) is 4.74. The number of benzene rings is 1. The fourth-order valence-electron chi connectivity index (χ4n) is 1.99. The first kappa shape index (κ1) is 15.9. The lowest BCUT2D eigenvalue weighted by molar-refractivity contribution is -0.142. The lowest BCUT2D eigenvalue weighted by Gasteiger charge is -2.16. The van der Waals surface area contributed by atoms with Crippen LogP contribution in [0.3, 0.4) is 0 Å². The second kappa shape index (κ2) is 7.43. The number of carbonyl (C=O) groups excluding carboxylic acids is 1. The highest BCUT2D eigenvalue weighted by atomic mass is 32.2. The summed E-state index contributed by atoms with van der Waals surface area (Å²) in [6.07, 6.45) is 1.39. The van der Waals surface area contributed by atoms with Crippen LogP contribution in [0.15, 0.2) is 23.1 Å². The molecular formula is C15H22O3S. The normalized spacial score (nSPS) is 13.9. The molecule has 4 heteroatoms. The summed E-state index contributed by atoms with van der Waals surface area (Å²) in [6, 6.07) is 5.76. The quantitative estimate of drug-likeness (QED) is 0.753. The molecule has 0 spiro atoms. The number of hydrogen-bond acceptors (Lipinski definition) is 3. The van der Waals surface area contributed by atoms with Crippen LogP contribution < -0.4 is 0 Å². The molecule has 0 aromatic heterocycles. The summed E-state index contributed by atoms with van der Waals surface area (Å²) in [6.45, 7) is 7.98. The van der Waals surface area contributed by atoms with Crippen molar-refractivity contribution in [3.63, 3.8) is 0 Å². The highest BCUT2D eigenvalue weighted by molar-refractivity contribution is 7.86. The van der Waals surface area contributed by atoms with E-state index in [2.05, 4.69) is 0 Å². The summed E-state index contributed by atoms with van der Waals surface area (Å²) in [4.78, 5) is 12.6. The van der Waals surface area contributed by atoms with Gasteiger partial charge in [0.25, 0.3) is 0 Å². The van der Waals surface area contributed by atoms with Crippen molar-refractivity contribution in [3.05, 3.63) is 29.3 Å². The van der Waals surface area contributed by atoms with Gasteiger partial charge in [-0.3, -0.25) is 9.00 Å². The van der Waals surface area contributed by atoms with E-state index in [1.165, 1.54) is 0 Å². The first-order chi connectivity index (χ1) is 9.01. The molecule has 2 unspecified atom stereocenters. The van der Waals surface area contributed by atoms with Crippen molar-refractivity contribution in [2.75, 3.05) is 6.61 Å². The van der Waals surface area contributed by atoms with E-state index in [1.807, 2.05) is 39.0 Å².